The molecule has 62 heavy (non-hydrogen) atoms. The van der Waals surface area contributed by atoms with Crippen LogP contribution >= 0.6 is 0 Å². The molecule has 0 saturated heterocycles. The molecule has 0 radical (unpaired) electrons. The van der Waals surface area contributed by atoms with E-state index < -0.39 is 23.6 Å². The quantitative estimate of drug-likeness (QED) is 0.101. The monoisotopic (exact) mass is 840 g/mol. The number of hydrogen-bond donors (Lipinski definition) is 2. The van der Waals surface area contributed by atoms with E-state index in [-0.39, 0.29) is 113 Å². The molecule has 18 heteroatoms. The summed E-state index contributed by atoms with van der Waals surface area (Å²) in [4.78, 5) is 59.7. The molecule has 1 aliphatic heterocycles. The van der Waals surface area contributed by atoms with Crippen molar-refractivity contribution in [3.05, 3.63) is 92.1 Å². The van der Waals surface area contributed by atoms with Crippen molar-refractivity contribution in [2.45, 2.75) is 57.9 Å². The van der Waals surface area contributed by atoms with E-state index in [2.05, 4.69) is 14.8 Å². The third kappa shape index (κ3) is 10.1. The minimum Gasteiger partial charge on any atom is -0.506 e. The number of nitriles is 3. The van der Waals surface area contributed by atoms with Crippen molar-refractivity contribution in [2.24, 2.45) is 5.10 Å². The van der Waals surface area contributed by atoms with Gasteiger partial charge in [-0.05, 0) is 49.6 Å². The van der Waals surface area contributed by atoms with E-state index in [1.807, 2.05) is 17.9 Å². The van der Waals surface area contributed by atoms with E-state index >= 15 is 0 Å². The van der Waals surface area contributed by atoms with Crippen molar-refractivity contribution in [3.63, 3.8) is 0 Å². The van der Waals surface area contributed by atoms with Crippen LogP contribution < -0.4 is 24.8 Å². The number of Topliss-reactive ketones (excluding diaryl/α,β-unsaturated/α-hetero) is 1. The van der Waals surface area contributed by atoms with Gasteiger partial charge in [-0.15, -0.1) is 0 Å². The van der Waals surface area contributed by atoms with Crippen LogP contribution in [0.4, 0.5) is 5.69 Å². The highest BCUT2D eigenvalue weighted by Gasteiger charge is 2.45. The first kappa shape index (κ1) is 45.1. The molecule has 2 aliphatic carbocycles. The van der Waals surface area contributed by atoms with Gasteiger partial charge in [0, 0.05) is 22.7 Å². The van der Waals surface area contributed by atoms with Crippen molar-refractivity contribution < 1.29 is 48.3 Å². The summed E-state index contributed by atoms with van der Waals surface area (Å²) in [7, 11) is 0. The molecule has 3 aliphatic rings. The molecule has 0 aromatic heterocycles. The van der Waals surface area contributed by atoms with Crippen molar-refractivity contribution in [1.82, 2.24) is 5.01 Å². The Morgan fingerprint density at radius 3 is 1.95 bits per heavy atom. The van der Waals surface area contributed by atoms with Crippen molar-refractivity contribution in [1.29, 1.82) is 15.8 Å². The van der Waals surface area contributed by atoms with Crippen molar-refractivity contribution >= 4 is 52.0 Å². The van der Waals surface area contributed by atoms with E-state index in [1.165, 1.54) is 17.1 Å². The number of ether oxygens (including phenoxy) is 4. The maximum absolute atomic E-state index is 13.3. The Kier molecular flexibility index (Phi) is 15.5. The van der Waals surface area contributed by atoms with Gasteiger partial charge in [0.25, 0.3) is 17.3 Å². The fourth-order valence-electron chi connectivity index (χ4n) is 7.05. The molecular weight excluding hydrogens is 801 g/mol. The van der Waals surface area contributed by atoms with Gasteiger partial charge < -0.3 is 34.1 Å². The molecule has 1 saturated carbocycles. The molecular formula is C44H40N8O10. The molecule has 1 heterocycles. The van der Waals surface area contributed by atoms with Gasteiger partial charge in [0.1, 0.15) is 49.8 Å². The first-order chi connectivity index (χ1) is 30.0. The third-order valence-electron chi connectivity index (χ3n) is 10.1. The molecule has 0 spiro atoms. The van der Waals surface area contributed by atoms with Crippen LogP contribution in [0.2, 0.25) is 0 Å². The van der Waals surface area contributed by atoms with Crippen molar-refractivity contribution in [2.75, 3.05) is 51.0 Å². The first-order valence-corrected chi connectivity index (χ1v) is 19.6. The number of aliphatic hydroxyl groups is 2. The van der Waals surface area contributed by atoms with Gasteiger partial charge in [0.15, 0.2) is 5.71 Å². The average molecular weight is 841 g/mol. The second-order valence-corrected chi connectivity index (χ2v) is 13.8. The minimum atomic E-state index is -0.725. The number of aliphatic hydroxyl groups excluding tert-OH is 2. The summed E-state index contributed by atoms with van der Waals surface area (Å²) in [6.07, 6.45) is 3.87. The van der Waals surface area contributed by atoms with Gasteiger partial charge in [-0.25, -0.2) is 25.2 Å². The summed E-state index contributed by atoms with van der Waals surface area (Å²) >= 11 is 0. The standard InChI is InChI=1S/C44H40N8O10/c1-4-51(28-12-10-27(11-13-28)39-42(56)41(43(39)57)40-34(26-47)50-52(44(40)58)29-8-6-5-7-9-29)16-18-61-37(54)14-15-38(55)62-21-20-60-36-23-30(32(24-45)48-2)35(59-19-17-53)22-31(36)33(25-46)49-3/h10-13,22-23,29,53,56H,4-9,14-21H2,1H3/b32-30+,33-31-,41-40-. The average Bonchev–Trinajstić information content (AvgIpc) is 3.61. The molecule has 2 aromatic rings. The summed E-state index contributed by atoms with van der Waals surface area (Å²) in [5.74, 6) is -2.93. The molecule has 2 N–H and O–H groups in total. The maximum Gasteiger partial charge on any atom is 0.306 e. The van der Waals surface area contributed by atoms with Crippen LogP contribution in [-0.4, -0.2) is 96.7 Å². The van der Waals surface area contributed by atoms with Crippen LogP contribution in [0.3, 0.4) is 0 Å². The second-order valence-electron chi connectivity index (χ2n) is 13.8. The lowest BCUT2D eigenvalue weighted by Crippen LogP contribution is -2.36. The fraction of sp³-hybridized carbons (Fsp3) is 0.364. The summed E-state index contributed by atoms with van der Waals surface area (Å²) in [5, 5.41) is 54.3. The summed E-state index contributed by atoms with van der Waals surface area (Å²) in [6, 6.07) is 14.5. The Morgan fingerprint density at radius 1 is 0.855 bits per heavy atom. The number of allylic oxidation sites excluding steroid dienone is 2. The zero-order valence-corrected chi connectivity index (χ0v) is 33.7. The fourth-order valence-corrected chi connectivity index (χ4v) is 7.05. The predicted octanol–water partition coefficient (Wildman–Crippen LogP) is 3.13. The van der Waals surface area contributed by atoms with Crippen molar-refractivity contribution in [3.8, 4) is 29.7 Å². The number of hydrogen-bond acceptors (Lipinski definition) is 15. The first-order valence-electron chi connectivity index (χ1n) is 19.6. The Hall–Kier alpha value is -7.98. The highest BCUT2D eigenvalue weighted by Crippen LogP contribution is 2.41. The van der Waals surface area contributed by atoms with E-state index in [0.29, 0.717) is 18.7 Å². The SMILES string of the molecule is [C-]#[N+]/C(C#N)=c1/cc(OCCO)/c(=C(\C#N)[N+]#[C-])cc1OCCOC(=O)CCC(=O)OCCN(CC)c1ccc(C2=C(O)/C(=C3/C(=O)N(C4CCCCC4)N=C3C#N)C2=O)cc1. The Morgan fingerprint density at radius 2 is 1.44 bits per heavy atom. The topological polar surface area (TPSA) is 245 Å². The van der Waals surface area contributed by atoms with Gasteiger partial charge in [-0.3, -0.25) is 19.2 Å². The summed E-state index contributed by atoms with van der Waals surface area (Å²) < 4.78 is 21.6. The zero-order valence-electron chi connectivity index (χ0n) is 33.7. The number of amides is 1. The number of nitrogens with zero attached hydrogens (tertiary/aromatic N) is 8. The molecule has 316 valence electrons. The van der Waals surface area contributed by atoms with Gasteiger partial charge in [-0.2, -0.15) is 10.4 Å². The Labute approximate surface area is 356 Å². The summed E-state index contributed by atoms with van der Waals surface area (Å²) in [5.41, 5.74) is -0.133. The van der Waals surface area contributed by atoms with Gasteiger partial charge in [0.2, 0.25) is 5.78 Å². The molecule has 0 bridgehead atoms. The lowest BCUT2D eigenvalue weighted by molar-refractivity contribution is -0.150. The highest BCUT2D eigenvalue weighted by molar-refractivity contribution is 6.45. The molecule has 5 rings (SSSR count). The van der Waals surface area contributed by atoms with Gasteiger partial charge >= 0.3 is 11.9 Å². The highest BCUT2D eigenvalue weighted by atomic mass is 16.6. The zero-order chi connectivity index (χ0) is 44.8. The number of benzene rings is 2. The lowest BCUT2D eigenvalue weighted by Gasteiger charge is -2.28. The van der Waals surface area contributed by atoms with Crippen LogP contribution in [0, 0.1) is 47.1 Å². The molecule has 1 fully saturated rings. The molecule has 2 aromatic carbocycles. The van der Waals surface area contributed by atoms with E-state index in [1.54, 1.807) is 36.4 Å². The van der Waals surface area contributed by atoms with Crippen LogP contribution in [0.1, 0.15) is 57.4 Å². The number of carbonyl (C=O) groups excluding carboxylic acids is 4. The normalized spacial score (nSPS) is 16.9. The number of hydrazone groups is 1. The van der Waals surface area contributed by atoms with Crippen LogP contribution in [0.5, 0.6) is 11.5 Å². The second kappa shape index (κ2) is 21.3. The number of esters is 2. The molecule has 0 unspecified atom stereocenters. The van der Waals surface area contributed by atoms with Crippen LogP contribution in [0.15, 0.2) is 58.4 Å². The van der Waals surface area contributed by atoms with E-state index in [0.717, 1.165) is 37.8 Å². The largest absolute Gasteiger partial charge is 0.506 e. The third-order valence-corrected chi connectivity index (χ3v) is 10.1. The number of carbonyl (C=O) groups is 4. The van der Waals surface area contributed by atoms with Gasteiger partial charge in [0.05, 0.1) is 74.0 Å². The van der Waals surface area contributed by atoms with Gasteiger partial charge in [-0.1, -0.05) is 31.4 Å². The number of likely N-dealkylation sites (N-methyl/N-ethyl adjacent to an activating group) is 1. The Bertz CT molecular complexity index is 2540. The van der Waals surface area contributed by atoms with Crippen LogP contribution in [0.25, 0.3) is 26.7 Å². The molecule has 1 amide bonds. The minimum absolute atomic E-state index is 0.00321. The molecule has 0 atom stereocenters. The number of ketones is 1. The maximum atomic E-state index is 13.3. The smallest absolute Gasteiger partial charge is 0.306 e. The number of rotatable bonds is 17. The Balaban J connectivity index is 1.10. The molecule has 18 nitrogen and oxygen atoms in total. The lowest BCUT2D eigenvalue weighted by atomic mass is 9.80. The summed E-state index contributed by atoms with van der Waals surface area (Å²) in [6.45, 7) is 16.3. The van der Waals surface area contributed by atoms with E-state index in [9.17, 15) is 45.2 Å². The van der Waals surface area contributed by atoms with E-state index in [4.69, 9.17) is 32.1 Å². The predicted molar refractivity (Wildman–Crippen MR) is 219 cm³/mol. The van der Waals surface area contributed by atoms with Crippen LogP contribution in [-0.2, 0) is 28.7 Å². The number of anilines is 1.